The Labute approximate surface area is 146 Å². The highest BCUT2D eigenvalue weighted by atomic mass is 35.5. The largest absolute Gasteiger partial charge is 0.490 e. The predicted octanol–water partition coefficient (Wildman–Crippen LogP) is 3.60. The maximum Gasteiger partial charge on any atom is 0.308 e. The normalized spacial score (nSPS) is 21.7. The quantitative estimate of drug-likeness (QED) is 0.900. The van der Waals surface area contributed by atoms with Crippen LogP contribution in [-0.4, -0.2) is 41.1 Å². The summed E-state index contributed by atoms with van der Waals surface area (Å²) in [6.45, 7) is 0.807. The number of piperidine rings is 1. The van der Waals surface area contributed by atoms with Crippen LogP contribution in [0.2, 0.25) is 5.02 Å². The number of hydrogen-bond donors (Lipinski definition) is 1. The molecular formula is C18H22ClNO4. The number of benzene rings is 1. The number of aliphatic carboxylic acids is 1. The number of carboxylic acid groups (broad SMARTS) is 1. The first-order valence-electron chi connectivity index (χ1n) is 8.53. The third kappa shape index (κ3) is 3.83. The molecule has 5 nitrogen and oxygen atoms in total. The van der Waals surface area contributed by atoms with Gasteiger partial charge in [0.15, 0.2) is 0 Å². The van der Waals surface area contributed by atoms with Crippen molar-refractivity contribution in [3.05, 3.63) is 28.8 Å². The molecule has 1 aliphatic carbocycles. The van der Waals surface area contributed by atoms with Gasteiger partial charge in [0.25, 0.3) is 5.91 Å². The zero-order chi connectivity index (χ0) is 17.1. The molecule has 0 aromatic heterocycles. The van der Waals surface area contributed by atoms with E-state index in [0.717, 1.165) is 25.7 Å². The number of carbonyl (C=O) groups is 2. The molecule has 1 saturated heterocycles. The molecule has 1 saturated carbocycles. The van der Waals surface area contributed by atoms with Gasteiger partial charge in [-0.3, -0.25) is 9.59 Å². The SMILES string of the molecule is O=C(O)[C@@H]1CCCN(C(=O)c2cc(Cl)ccc2OC2CCCC2)C1. The van der Waals surface area contributed by atoms with Gasteiger partial charge >= 0.3 is 5.97 Å². The minimum Gasteiger partial charge on any atom is -0.490 e. The average molecular weight is 352 g/mol. The summed E-state index contributed by atoms with van der Waals surface area (Å²) in [5.74, 6) is -0.993. The van der Waals surface area contributed by atoms with Gasteiger partial charge in [-0.05, 0) is 56.7 Å². The van der Waals surface area contributed by atoms with Crippen LogP contribution in [0.4, 0.5) is 0 Å². The second kappa shape index (κ2) is 7.43. The third-order valence-electron chi connectivity index (χ3n) is 4.83. The van der Waals surface area contributed by atoms with Crippen molar-refractivity contribution in [1.82, 2.24) is 4.90 Å². The molecule has 24 heavy (non-hydrogen) atoms. The van der Waals surface area contributed by atoms with Gasteiger partial charge in [0.2, 0.25) is 0 Å². The number of carbonyl (C=O) groups excluding carboxylic acids is 1. The lowest BCUT2D eigenvalue weighted by molar-refractivity contribution is -0.143. The Morgan fingerprint density at radius 2 is 1.92 bits per heavy atom. The van der Waals surface area contributed by atoms with Crippen LogP contribution in [0.5, 0.6) is 5.75 Å². The number of hydrogen-bond acceptors (Lipinski definition) is 3. The topological polar surface area (TPSA) is 66.8 Å². The van der Waals surface area contributed by atoms with Gasteiger partial charge in [0.1, 0.15) is 5.75 Å². The van der Waals surface area contributed by atoms with Crippen LogP contribution in [-0.2, 0) is 4.79 Å². The Hall–Kier alpha value is -1.75. The van der Waals surface area contributed by atoms with E-state index in [1.807, 2.05) is 0 Å². The predicted molar refractivity (Wildman–Crippen MR) is 90.6 cm³/mol. The zero-order valence-electron chi connectivity index (χ0n) is 13.5. The highest BCUT2D eigenvalue weighted by Gasteiger charge is 2.30. The lowest BCUT2D eigenvalue weighted by atomic mass is 9.97. The highest BCUT2D eigenvalue weighted by molar-refractivity contribution is 6.31. The Balaban J connectivity index is 1.80. The lowest BCUT2D eigenvalue weighted by Gasteiger charge is -2.31. The van der Waals surface area contributed by atoms with E-state index in [1.165, 1.54) is 0 Å². The molecule has 130 valence electrons. The molecule has 0 bridgehead atoms. The van der Waals surface area contributed by atoms with Crippen molar-refractivity contribution in [1.29, 1.82) is 0 Å². The first-order valence-corrected chi connectivity index (χ1v) is 8.90. The Bertz CT molecular complexity index is 627. The molecule has 3 rings (SSSR count). The van der Waals surface area contributed by atoms with Crippen LogP contribution in [0.15, 0.2) is 18.2 Å². The van der Waals surface area contributed by atoms with Gasteiger partial charge in [-0.15, -0.1) is 0 Å². The number of rotatable bonds is 4. The highest BCUT2D eigenvalue weighted by Crippen LogP contribution is 2.30. The standard InChI is InChI=1S/C18H22ClNO4/c19-13-7-8-16(24-14-5-1-2-6-14)15(10-13)17(21)20-9-3-4-12(11-20)18(22)23/h7-8,10,12,14H,1-6,9,11H2,(H,22,23)/t12-/m1/s1. The van der Waals surface area contributed by atoms with E-state index >= 15 is 0 Å². The second-order valence-electron chi connectivity index (χ2n) is 6.59. The molecule has 1 aliphatic heterocycles. The summed E-state index contributed by atoms with van der Waals surface area (Å²) in [7, 11) is 0. The maximum atomic E-state index is 12.9. The van der Waals surface area contributed by atoms with E-state index in [1.54, 1.807) is 23.1 Å². The number of ether oxygens (including phenoxy) is 1. The summed E-state index contributed by atoms with van der Waals surface area (Å²) in [4.78, 5) is 25.7. The van der Waals surface area contributed by atoms with Crippen LogP contribution >= 0.6 is 11.6 Å². The molecule has 1 heterocycles. The van der Waals surface area contributed by atoms with Crippen LogP contribution < -0.4 is 4.74 Å². The van der Waals surface area contributed by atoms with Crippen LogP contribution in [0.3, 0.4) is 0 Å². The smallest absolute Gasteiger partial charge is 0.308 e. The summed E-state index contributed by atoms with van der Waals surface area (Å²) in [5, 5.41) is 9.69. The van der Waals surface area contributed by atoms with Crippen LogP contribution in [0.1, 0.15) is 48.9 Å². The third-order valence-corrected chi connectivity index (χ3v) is 5.06. The van der Waals surface area contributed by atoms with Crippen molar-refractivity contribution < 1.29 is 19.4 Å². The van der Waals surface area contributed by atoms with Gasteiger partial charge in [-0.2, -0.15) is 0 Å². The fourth-order valence-corrected chi connectivity index (χ4v) is 3.66. The van der Waals surface area contributed by atoms with E-state index in [2.05, 4.69) is 0 Å². The molecule has 0 unspecified atom stereocenters. The molecule has 2 fully saturated rings. The molecule has 1 aromatic rings. The van der Waals surface area contributed by atoms with Gasteiger partial charge in [-0.1, -0.05) is 11.6 Å². The summed E-state index contributed by atoms with van der Waals surface area (Å²) in [6, 6.07) is 5.09. The van der Waals surface area contributed by atoms with Crippen molar-refractivity contribution in [3.63, 3.8) is 0 Å². The number of amides is 1. The van der Waals surface area contributed by atoms with Crippen LogP contribution in [0, 0.1) is 5.92 Å². The number of carboxylic acids is 1. The Morgan fingerprint density at radius 3 is 2.62 bits per heavy atom. The number of likely N-dealkylation sites (tertiary alicyclic amines) is 1. The van der Waals surface area contributed by atoms with Crippen molar-refractivity contribution in [3.8, 4) is 5.75 Å². The first kappa shape index (κ1) is 17.1. The molecular weight excluding hydrogens is 330 g/mol. The minimum absolute atomic E-state index is 0.144. The van der Waals surface area contributed by atoms with Crippen molar-refractivity contribution in [2.75, 3.05) is 13.1 Å². The zero-order valence-corrected chi connectivity index (χ0v) is 14.3. The van der Waals surface area contributed by atoms with E-state index in [9.17, 15) is 14.7 Å². The molecule has 0 spiro atoms. The van der Waals surface area contributed by atoms with Crippen LogP contribution in [0.25, 0.3) is 0 Å². The molecule has 6 heteroatoms. The molecule has 1 atom stereocenters. The number of halogens is 1. The lowest BCUT2D eigenvalue weighted by Crippen LogP contribution is -2.42. The maximum absolute atomic E-state index is 12.9. The summed E-state index contributed by atoms with van der Waals surface area (Å²) in [5.41, 5.74) is 0.431. The van der Waals surface area contributed by atoms with Crippen molar-refractivity contribution in [2.45, 2.75) is 44.6 Å². The van der Waals surface area contributed by atoms with E-state index in [-0.39, 0.29) is 18.6 Å². The van der Waals surface area contributed by atoms with Gasteiger partial charge in [0, 0.05) is 18.1 Å². The van der Waals surface area contributed by atoms with Crippen molar-refractivity contribution in [2.24, 2.45) is 5.92 Å². The molecule has 1 amide bonds. The van der Waals surface area contributed by atoms with E-state index in [4.69, 9.17) is 16.3 Å². The molecule has 2 aliphatic rings. The number of nitrogens with zero attached hydrogens (tertiary/aromatic N) is 1. The van der Waals surface area contributed by atoms with Gasteiger partial charge in [-0.25, -0.2) is 0 Å². The first-order chi connectivity index (χ1) is 11.5. The van der Waals surface area contributed by atoms with E-state index < -0.39 is 11.9 Å². The Kier molecular flexibility index (Phi) is 5.29. The van der Waals surface area contributed by atoms with Crippen molar-refractivity contribution >= 4 is 23.5 Å². The second-order valence-corrected chi connectivity index (χ2v) is 7.03. The minimum atomic E-state index is -0.846. The molecule has 1 N–H and O–H groups in total. The Morgan fingerprint density at radius 1 is 1.17 bits per heavy atom. The monoisotopic (exact) mass is 351 g/mol. The molecule has 1 aromatic carbocycles. The molecule has 0 radical (unpaired) electrons. The summed E-state index contributed by atoms with van der Waals surface area (Å²) in [6.07, 6.45) is 5.75. The summed E-state index contributed by atoms with van der Waals surface area (Å²) < 4.78 is 6.03. The van der Waals surface area contributed by atoms with Gasteiger partial charge < -0.3 is 14.7 Å². The summed E-state index contributed by atoms with van der Waals surface area (Å²) >= 11 is 6.08. The fourth-order valence-electron chi connectivity index (χ4n) is 3.49. The van der Waals surface area contributed by atoms with E-state index in [0.29, 0.717) is 35.7 Å². The average Bonchev–Trinajstić information content (AvgIpc) is 3.09. The fraction of sp³-hybridized carbons (Fsp3) is 0.556. The van der Waals surface area contributed by atoms with Gasteiger partial charge in [0.05, 0.1) is 17.6 Å².